The van der Waals surface area contributed by atoms with Gasteiger partial charge in [0, 0.05) is 11.6 Å². The number of rotatable bonds is 4. The summed E-state index contributed by atoms with van der Waals surface area (Å²) in [4.78, 5) is 22.5. The number of nitro groups is 1. The Kier molecular flexibility index (Phi) is 5.37. The number of nitrogens with zero attached hydrogens (tertiary/aromatic N) is 1. The maximum Gasteiger partial charge on any atom is 0.292 e. The summed E-state index contributed by atoms with van der Waals surface area (Å²) in [5.74, 6) is -0.372. The molecule has 2 aromatic rings. The van der Waals surface area contributed by atoms with Gasteiger partial charge in [-0.15, -0.1) is 0 Å². The van der Waals surface area contributed by atoms with Crippen molar-refractivity contribution in [2.24, 2.45) is 0 Å². The molecule has 0 spiro atoms. The molecule has 0 aliphatic rings. The predicted molar refractivity (Wildman–Crippen MR) is 92.6 cm³/mol. The van der Waals surface area contributed by atoms with Crippen molar-refractivity contribution in [1.29, 1.82) is 0 Å². The van der Waals surface area contributed by atoms with Gasteiger partial charge in [-0.25, -0.2) is 0 Å². The molecule has 0 saturated heterocycles. The second kappa shape index (κ2) is 7.46. The summed E-state index contributed by atoms with van der Waals surface area (Å²) < 4.78 is 0. The van der Waals surface area contributed by atoms with Crippen LogP contribution in [-0.4, -0.2) is 15.9 Å². The zero-order valence-electron chi connectivity index (χ0n) is 12.4. The Morgan fingerprint density at radius 3 is 2.43 bits per heavy atom. The van der Waals surface area contributed by atoms with Gasteiger partial charge in [-0.2, -0.15) is 0 Å². The molecule has 23 heavy (non-hydrogen) atoms. The Bertz CT molecular complexity index is 744. The van der Waals surface area contributed by atoms with E-state index in [1.165, 1.54) is 12.1 Å². The summed E-state index contributed by atoms with van der Waals surface area (Å²) >= 11 is 5.04. The van der Waals surface area contributed by atoms with E-state index in [-0.39, 0.29) is 22.4 Å². The van der Waals surface area contributed by atoms with Crippen LogP contribution in [0.5, 0.6) is 0 Å². The molecule has 7 heteroatoms. The quantitative estimate of drug-likeness (QED) is 0.511. The zero-order chi connectivity index (χ0) is 16.8. The molecule has 0 heterocycles. The van der Waals surface area contributed by atoms with Gasteiger partial charge in [-0.1, -0.05) is 31.2 Å². The summed E-state index contributed by atoms with van der Waals surface area (Å²) in [5.41, 5.74) is 1.71. The highest BCUT2D eigenvalue weighted by Crippen LogP contribution is 2.22. The SMILES string of the molecule is CCc1ccc(C(=O)NC(=S)Nc2ccccc2[N+](=O)[O-])cc1. The van der Waals surface area contributed by atoms with Gasteiger partial charge in [0.15, 0.2) is 5.11 Å². The first kappa shape index (κ1) is 16.6. The van der Waals surface area contributed by atoms with E-state index in [1.54, 1.807) is 24.3 Å². The molecule has 1 amide bonds. The Morgan fingerprint density at radius 2 is 1.83 bits per heavy atom. The highest BCUT2D eigenvalue weighted by molar-refractivity contribution is 7.80. The minimum Gasteiger partial charge on any atom is -0.327 e. The maximum atomic E-state index is 12.1. The molecule has 0 bridgehead atoms. The zero-order valence-corrected chi connectivity index (χ0v) is 13.2. The van der Waals surface area contributed by atoms with Crippen LogP contribution in [-0.2, 0) is 6.42 Å². The average Bonchev–Trinajstić information content (AvgIpc) is 2.55. The van der Waals surface area contributed by atoms with E-state index in [0.717, 1.165) is 12.0 Å². The third-order valence-electron chi connectivity index (χ3n) is 3.20. The lowest BCUT2D eigenvalue weighted by Gasteiger charge is -2.10. The van der Waals surface area contributed by atoms with Crippen molar-refractivity contribution in [3.8, 4) is 0 Å². The van der Waals surface area contributed by atoms with Gasteiger partial charge < -0.3 is 5.32 Å². The summed E-state index contributed by atoms with van der Waals surface area (Å²) in [6.45, 7) is 2.03. The van der Waals surface area contributed by atoms with E-state index in [1.807, 2.05) is 19.1 Å². The average molecular weight is 329 g/mol. The molecule has 2 aromatic carbocycles. The van der Waals surface area contributed by atoms with Crippen molar-refractivity contribution >= 4 is 34.6 Å². The van der Waals surface area contributed by atoms with E-state index < -0.39 is 4.92 Å². The molecule has 0 atom stereocenters. The topological polar surface area (TPSA) is 84.3 Å². The smallest absolute Gasteiger partial charge is 0.292 e. The molecule has 0 fully saturated rings. The second-order valence-corrected chi connectivity index (χ2v) is 5.14. The van der Waals surface area contributed by atoms with Crippen LogP contribution in [0.2, 0.25) is 0 Å². The van der Waals surface area contributed by atoms with Gasteiger partial charge in [-0.05, 0) is 42.4 Å². The lowest BCUT2D eigenvalue weighted by atomic mass is 10.1. The third-order valence-corrected chi connectivity index (χ3v) is 3.40. The van der Waals surface area contributed by atoms with Crippen LogP contribution in [0.3, 0.4) is 0 Å². The van der Waals surface area contributed by atoms with E-state index >= 15 is 0 Å². The van der Waals surface area contributed by atoms with Crippen LogP contribution in [0.25, 0.3) is 0 Å². The molecule has 2 rings (SSSR count). The Labute approximate surface area is 138 Å². The van der Waals surface area contributed by atoms with Gasteiger partial charge in [0.25, 0.3) is 11.6 Å². The molecule has 0 aromatic heterocycles. The van der Waals surface area contributed by atoms with Gasteiger partial charge in [0.2, 0.25) is 0 Å². The number of amides is 1. The van der Waals surface area contributed by atoms with Crippen LogP contribution in [0, 0.1) is 10.1 Å². The Hall–Kier alpha value is -2.80. The Balaban J connectivity index is 2.04. The number of carbonyl (C=O) groups excluding carboxylic acids is 1. The van der Waals surface area contributed by atoms with E-state index in [9.17, 15) is 14.9 Å². The fourth-order valence-electron chi connectivity index (χ4n) is 1.96. The van der Waals surface area contributed by atoms with E-state index in [4.69, 9.17) is 12.2 Å². The third kappa shape index (κ3) is 4.33. The first-order valence-electron chi connectivity index (χ1n) is 6.96. The number of anilines is 1. The molecule has 0 aliphatic heterocycles. The molecular weight excluding hydrogens is 314 g/mol. The first-order chi connectivity index (χ1) is 11.0. The van der Waals surface area contributed by atoms with Crippen molar-refractivity contribution in [3.05, 3.63) is 69.8 Å². The van der Waals surface area contributed by atoms with Crippen LogP contribution in [0.1, 0.15) is 22.8 Å². The van der Waals surface area contributed by atoms with Crippen LogP contribution < -0.4 is 10.6 Å². The number of thiocarbonyl (C=S) groups is 1. The van der Waals surface area contributed by atoms with Crippen LogP contribution in [0.15, 0.2) is 48.5 Å². The molecular formula is C16H15N3O3S. The van der Waals surface area contributed by atoms with E-state index in [2.05, 4.69) is 10.6 Å². The molecule has 0 radical (unpaired) electrons. The minimum absolute atomic E-state index is 0.00358. The molecule has 0 aliphatic carbocycles. The number of hydrogen-bond acceptors (Lipinski definition) is 4. The number of aryl methyl sites for hydroxylation is 1. The Morgan fingerprint density at radius 1 is 1.17 bits per heavy atom. The van der Waals surface area contributed by atoms with Gasteiger partial charge in [0.05, 0.1) is 4.92 Å². The fourth-order valence-corrected chi connectivity index (χ4v) is 2.16. The molecule has 0 saturated carbocycles. The van der Waals surface area contributed by atoms with Crippen molar-refractivity contribution in [3.63, 3.8) is 0 Å². The highest BCUT2D eigenvalue weighted by atomic mass is 32.1. The minimum atomic E-state index is -0.518. The first-order valence-corrected chi connectivity index (χ1v) is 7.36. The van der Waals surface area contributed by atoms with Gasteiger partial charge in [-0.3, -0.25) is 20.2 Å². The number of carbonyl (C=O) groups is 1. The summed E-state index contributed by atoms with van der Waals surface area (Å²) in [6, 6.07) is 13.2. The summed E-state index contributed by atoms with van der Waals surface area (Å²) in [5, 5.41) is 16.1. The van der Waals surface area contributed by atoms with Crippen molar-refractivity contribution in [1.82, 2.24) is 5.32 Å². The summed E-state index contributed by atoms with van der Waals surface area (Å²) in [7, 11) is 0. The molecule has 6 nitrogen and oxygen atoms in total. The largest absolute Gasteiger partial charge is 0.327 e. The van der Waals surface area contributed by atoms with Gasteiger partial charge >= 0.3 is 0 Å². The standard InChI is InChI=1S/C16H15N3O3S/c1-2-11-7-9-12(10-8-11)15(20)18-16(23)17-13-5-3-4-6-14(13)19(21)22/h3-10H,2H2,1H3,(H2,17,18,20,23). The fraction of sp³-hybridized carbons (Fsp3) is 0.125. The maximum absolute atomic E-state index is 12.1. The summed E-state index contributed by atoms with van der Waals surface area (Å²) in [6.07, 6.45) is 0.888. The predicted octanol–water partition coefficient (Wildman–Crippen LogP) is 3.28. The van der Waals surface area contributed by atoms with E-state index in [0.29, 0.717) is 5.56 Å². The normalized spacial score (nSPS) is 9.96. The van der Waals surface area contributed by atoms with Gasteiger partial charge in [0.1, 0.15) is 5.69 Å². The monoisotopic (exact) mass is 329 g/mol. The van der Waals surface area contributed by atoms with Crippen molar-refractivity contribution in [2.45, 2.75) is 13.3 Å². The van der Waals surface area contributed by atoms with Crippen molar-refractivity contribution in [2.75, 3.05) is 5.32 Å². The number of nitro benzene ring substituents is 1. The number of hydrogen-bond donors (Lipinski definition) is 2. The number of nitrogens with one attached hydrogen (secondary N) is 2. The second-order valence-electron chi connectivity index (χ2n) is 4.73. The van der Waals surface area contributed by atoms with Crippen LogP contribution in [0.4, 0.5) is 11.4 Å². The number of benzene rings is 2. The number of para-hydroxylation sites is 2. The van der Waals surface area contributed by atoms with Crippen LogP contribution >= 0.6 is 12.2 Å². The highest BCUT2D eigenvalue weighted by Gasteiger charge is 2.14. The molecule has 118 valence electrons. The van der Waals surface area contributed by atoms with Crippen molar-refractivity contribution < 1.29 is 9.72 Å². The lowest BCUT2D eigenvalue weighted by molar-refractivity contribution is -0.383. The molecule has 2 N–H and O–H groups in total. The lowest BCUT2D eigenvalue weighted by Crippen LogP contribution is -2.34. The molecule has 0 unspecified atom stereocenters.